The summed E-state index contributed by atoms with van der Waals surface area (Å²) in [5.41, 5.74) is 0.205. The van der Waals surface area contributed by atoms with Crippen LogP contribution in [0.1, 0.15) is 31.4 Å². The molecular formula is C12H18BrN3O. The van der Waals surface area contributed by atoms with Crippen LogP contribution in [-0.4, -0.2) is 38.9 Å². The van der Waals surface area contributed by atoms with Crippen LogP contribution in [0.15, 0.2) is 10.7 Å². The first kappa shape index (κ1) is 11.7. The fraction of sp³-hybridized carbons (Fsp3) is 0.750. The highest BCUT2D eigenvalue weighted by atomic mass is 79.9. The van der Waals surface area contributed by atoms with Crippen LogP contribution < -0.4 is 0 Å². The number of aliphatic hydroxyl groups is 1. The summed E-state index contributed by atoms with van der Waals surface area (Å²) >= 11 is 3.52. The Balaban J connectivity index is 2.01. The molecule has 3 rings (SSSR count). The van der Waals surface area contributed by atoms with Crippen LogP contribution in [-0.2, 0) is 12.6 Å². The van der Waals surface area contributed by atoms with Crippen LogP contribution in [0, 0.1) is 0 Å². The van der Waals surface area contributed by atoms with E-state index in [1.165, 1.54) is 12.8 Å². The molecule has 0 radical (unpaired) electrons. The van der Waals surface area contributed by atoms with Crippen LogP contribution in [0.25, 0.3) is 0 Å². The van der Waals surface area contributed by atoms with Gasteiger partial charge in [-0.3, -0.25) is 9.58 Å². The van der Waals surface area contributed by atoms with Crippen molar-refractivity contribution < 1.29 is 5.11 Å². The Morgan fingerprint density at radius 3 is 3.00 bits per heavy atom. The number of piperidine rings is 1. The minimum Gasteiger partial charge on any atom is -0.382 e. The number of fused-ring (bicyclic) bond motifs is 1. The highest BCUT2D eigenvalue weighted by Crippen LogP contribution is 2.44. The van der Waals surface area contributed by atoms with Gasteiger partial charge in [0.05, 0.1) is 16.4 Å². The number of hydrogen-bond donors (Lipinski definition) is 1. The number of nitrogens with zero attached hydrogens (tertiary/aromatic N) is 3. The molecule has 0 aliphatic carbocycles. The van der Waals surface area contributed by atoms with Crippen molar-refractivity contribution >= 4 is 15.9 Å². The molecule has 17 heavy (non-hydrogen) atoms. The molecule has 1 N–H and O–H groups in total. The number of rotatable bonds is 1. The van der Waals surface area contributed by atoms with Crippen LogP contribution in [0.2, 0.25) is 0 Å². The molecule has 4 nitrogen and oxygen atoms in total. The van der Waals surface area contributed by atoms with Gasteiger partial charge in [0.2, 0.25) is 0 Å². The fourth-order valence-corrected chi connectivity index (χ4v) is 4.15. The van der Waals surface area contributed by atoms with Crippen molar-refractivity contribution in [3.05, 3.63) is 16.4 Å². The summed E-state index contributed by atoms with van der Waals surface area (Å²) in [4.78, 5) is 2.43. The number of halogens is 1. The Morgan fingerprint density at radius 2 is 2.29 bits per heavy atom. The van der Waals surface area contributed by atoms with Gasteiger partial charge in [-0.2, -0.15) is 5.10 Å². The average molecular weight is 300 g/mol. The molecule has 0 amide bonds. The molecule has 2 atom stereocenters. The summed E-state index contributed by atoms with van der Waals surface area (Å²) in [5, 5.41) is 15.3. The van der Waals surface area contributed by atoms with Gasteiger partial charge >= 0.3 is 0 Å². The molecule has 0 saturated carbocycles. The zero-order chi connectivity index (χ0) is 12.0. The molecule has 0 spiro atoms. The first-order valence-corrected chi connectivity index (χ1v) is 7.06. The summed E-state index contributed by atoms with van der Waals surface area (Å²) in [7, 11) is 1.91. The SMILES string of the molecule is Cn1ncc(Br)c1C1(O)CCN2CCCCC21. The van der Waals surface area contributed by atoms with E-state index in [0.29, 0.717) is 0 Å². The Kier molecular flexibility index (Phi) is 2.80. The summed E-state index contributed by atoms with van der Waals surface area (Å²) in [5.74, 6) is 0. The van der Waals surface area contributed by atoms with Crippen molar-refractivity contribution in [2.75, 3.05) is 13.1 Å². The molecule has 2 aliphatic rings. The van der Waals surface area contributed by atoms with E-state index in [-0.39, 0.29) is 6.04 Å². The average Bonchev–Trinajstić information content (AvgIpc) is 2.83. The quantitative estimate of drug-likeness (QED) is 0.857. The second kappa shape index (κ2) is 4.07. The molecule has 1 aromatic heterocycles. The van der Waals surface area contributed by atoms with Gasteiger partial charge in [-0.05, 0) is 41.7 Å². The number of hydrogen-bond acceptors (Lipinski definition) is 3. The second-order valence-corrected chi connectivity index (χ2v) is 6.04. The normalized spacial score (nSPS) is 33.9. The van der Waals surface area contributed by atoms with Gasteiger partial charge in [-0.1, -0.05) is 6.42 Å². The maximum absolute atomic E-state index is 11.1. The van der Waals surface area contributed by atoms with Gasteiger partial charge in [0.1, 0.15) is 5.60 Å². The molecule has 2 saturated heterocycles. The van der Waals surface area contributed by atoms with Crippen molar-refractivity contribution in [1.29, 1.82) is 0 Å². The Hall–Kier alpha value is -0.390. The van der Waals surface area contributed by atoms with Gasteiger partial charge in [0.15, 0.2) is 0 Å². The van der Waals surface area contributed by atoms with Crippen molar-refractivity contribution in [3.8, 4) is 0 Å². The Morgan fingerprint density at radius 1 is 1.47 bits per heavy atom. The van der Waals surface area contributed by atoms with Crippen LogP contribution >= 0.6 is 15.9 Å². The molecule has 5 heteroatoms. The van der Waals surface area contributed by atoms with Crippen molar-refractivity contribution in [2.45, 2.75) is 37.3 Å². The summed E-state index contributed by atoms with van der Waals surface area (Å²) in [6, 6.07) is 0.267. The summed E-state index contributed by atoms with van der Waals surface area (Å²) in [6.07, 6.45) is 6.17. The van der Waals surface area contributed by atoms with E-state index in [4.69, 9.17) is 0 Å². The molecule has 1 aromatic rings. The molecule has 2 aliphatic heterocycles. The summed E-state index contributed by atoms with van der Waals surface area (Å²) in [6.45, 7) is 2.13. The van der Waals surface area contributed by atoms with Gasteiger partial charge < -0.3 is 5.11 Å². The Labute approximate surface area is 110 Å². The van der Waals surface area contributed by atoms with Gasteiger partial charge in [-0.15, -0.1) is 0 Å². The molecule has 2 unspecified atom stereocenters. The lowest BCUT2D eigenvalue weighted by Gasteiger charge is -2.37. The lowest BCUT2D eigenvalue weighted by atomic mass is 9.86. The van der Waals surface area contributed by atoms with E-state index in [1.807, 2.05) is 11.7 Å². The highest BCUT2D eigenvalue weighted by molar-refractivity contribution is 9.10. The third-order valence-corrected chi connectivity index (χ3v) is 4.83. The number of aromatic nitrogens is 2. The van der Waals surface area contributed by atoms with E-state index in [0.717, 1.165) is 36.1 Å². The van der Waals surface area contributed by atoms with E-state index in [1.54, 1.807) is 6.20 Å². The van der Waals surface area contributed by atoms with E-state index in [9.17, 15) is 5.11 Å². The summed E-state index contributed by atoms with van der Waals surface area (Å²) < 4.78 is 2.73. The second-order valence-electron chi connectivity index (χ2n) is 5.19. The monoisotopic (exact) mass is 299 g/mol. The topological polar surface area (TPSA) is 41.3 Å². The lowest BCUT2D eigenvalue weighted by molar-refractivity contribution is -0.0206. The largest absolute Gasteiger partial charge is 0.382 e. The minimum atomic E-state index is -0.732. The van der Waals surface area contributed by atoms with Crippen LogP contribution in [0.3, 0.4) is 0 Å². The van der Waals surface area contributed by atoms with Crippen LogP contribution in [0.4, 0.5) is 0 Å². The minimum absolute atomic E-state index is 0.267. The maximum atomic E-state index is 11.1. The zero-order valence-corrected chi connectivity index (χ0v) is 11.7. The van der Waals surface area contributed by atoms with Crippen molar-refractivity contribution in [3.63, 3.8) is 0 Å². The lowest BCUT2D eigenvalue weighted by Crippen LogP contribution is -2.46. The van der Waals surface area contributed by atoms with Crippen LogP contribution in [0.5, 0.6) is 0 Å². The zero-order valence-electron chi connectivity index (χ0n) is 10.1. The maximum Gasteiger partial charge on any atom is 0.124 e. The third kappa shape index (κ3) is 1.67. The van der Waals surface area contributed by atoms with Gasteiger partial charge in [0.25, 0.3) is 0 Å². The predicted octanol–water partition coefficient (Wildman–Crippen LogP) is 1.63. The van der Waals surface area contributed by atoms with Gasteiger partial charge in [0, 0.05) is 19.6 Å². The molecule has 3 heterocycles. The standard InChI is InChI=1S/C12H18BrN3O/c1-15-11(9(13)8-14-15)12(17)5-7-16-6-3-2-4-10(12)16/h8,10,17H,2-7H2,1H3. The van der Waals surface area contributed by atoms with E-state index < -0.39 is 5.60 Å². The first-order valence-electron chi connectivity index (χ1n) is 6.27. The van der Waals surface area contributed by atoms with Gasteiger partial charge in [-0.25, -0.2) is 0 Å². The fourth-order valence-electron chi connectivity index (χ4n) is 3.45. The van der Waals surface area contributed by atoms with E-state index >= 15 is 0 Å². The molecular weight excluding hydrogens is 282 g/mol. The van der Waals surface area contributed by atoms with Crippen molar-refractivity contribution in [2.24, 2.45) is 7.05 Å². The highest BCUT2D eigenvalue weighted by Gasteiger charge is 2.50. The van der Waals surface area contributed by atoms with Crippen molar-refractivity contribution in [1.82, 2.24) is 14.7 Å². The molecule has 2 fully saturated rings. The molecule has 0 aromatic carbocycles. The van der Waals surface area contributed by atoms with E-state index in [2.05, 4.69) is 25.9 Å². The molecule has 0 bridgehead atoms. The molecule has 94 valence electrons. The smallest absolute Gasteiger partial charge is 0.124 e. The third-order valence-electron chi connectivity index (χ3n) is 4.25. The predicted molar refractivity (Wildman–Crippen MR) is 68.6 cm³/mol. The number of aryl methyl sites for hydroxylation is 1. The first-order chi connectivity index (χ1) is 8.13. The Bertz CT molecular complexity index is 414.